The van der Waals surface area contributed by atoms with Crippen LogP contribution in [0.25, 0.3) is 0 Å². The van der Waals surface area contributed by atoms with Crippen molar-refractivity contribution in [1.82, 2.24) is 4.90 Å². The van der Waals surface area contributed by atoms with Crippen LogP contribution < -0.4 is 5.73 Å². The van der Waals surface area contributed by atoms with Crippen molar-refractivity contribution in [2.45, 2.75) is 12.8 Å². The van der Waals surface area contributed by atoms with Crippen LogP contribution in [-0.2, 0) is 0 Å². The number of carbonyl (C=O) groups is 1. The highest BCUT2D eigenvalue weighted by atomic mass is 19.1. The van der Waals surface area contributed by atoms with E-state index >= 15 is 0 Å². The van der Waals surface area contributed by atoms with Crippen LogP contribution in [0, 0.1) is 11.7 Å². The van der Waals surface area contributed by atoms with Crippen LogP contribution in [0.15, 0.2) is 24.3 Å². The van der Waals surface area contributed by atoms with Gasteiger partial charge in [0.1, 0.15) is 5.82 Å². The van der Waals surface area contributed by atoms with Crippen molar-refractivity contribution in [2.24, 2.45) is 11.7 Å². The number of benzene rings is 1. The van der Waals surface area contributed by atoms with E-state index in [1.54, 1.807) is 4.90 Å². The van der Waals surface area contributed by atoms with Gasteiger partial charge < -0.3 is 10.6 Å². The van der Waals surface area contributed by atoms with Crippen molar-refractivity contribution in [1.29, 1.82) is 0 Å². The molecule has 1 aliphatic heterocycles. The molecule has 0 bridgehead atoms. The molecule has 1 amide bonds. The Bertz CT molecular complexity index is 385. The van der Waals surface area contributed by atoms with Gasteiger partial charge in [0.2, 0.25) is 0 Å². The van der Waals surface area contributed by atoms with Crippen LogP contribution in [0.4, 0.5) is 4.39 Å². The van der Waals surface area contributed by atoms with E-state index in [1.807, 2.05) is 0 Å². The molecule has 3 nitrogen and oxygen atoms in total. The number of likely N-dealkylation sites (tertiary alicyclic amines) is 1. The summed E-state index contributed by atoms with van der Waals surface area (Å²) in [4.78, 5) is 13.7. The zero-order valence-electron chi connectivity index (χ0n) is 9.73. The van der Waals surface area contributed by atoms with E-state index in [-0.39, 0.29) is 11.7 Å². The molecule has 0 saturated carbocycles. The minimum atomic E-state index is -0.314. The summed E-state index contributed by atoms with van der Waals surface area (Å²) in [7, 11) is 0. The lowest BCUT2D eigenvalue weighted by Crippen LogP contribution is -2.50. The Morgan fingerprint density at radius 3 is 2.59 bits per heavy atom. The van der Waals surface area contributed by atoms with Crippen molar-refractivity contribution in [3.8, 4) is 0 Å². The highest BCUT2D eigenvalue weighted by Gasteiger charge is 2.30. The summed E-state index contributed by atoms with van der Waals surface area (Å²) < 4.78 is 12.7. The molecule has 1 aliphatic rings. The van der Waals surface area contributed by atoms with Gasteiger partial charge >= 0.3 is 0 Å². The largest absolute Gasteiger partial charge is 0.338 e. The van der Waals surface area contributed by atoms with Gasteiger partial charge in [-0.2, -0.15) is 0 Å². The third-order valence-electron chi connectivity index (χ3n) is 3.15. The van der Waals surface area contributed by atoms with Crippen LogP contribution in [0.2, 0.25) is 0 Å². The topological polar surface area (TPSA) is 46.3 Å². The first-order valence-corrected chi connectivity index (χ1v) is 5.95. The maximum absolute atomic E-state index is 12.7. The van der Waals surface area contributed by atoms with Crippen molar-refractivity contribution in [3.05, 3.63) is 35.6 Å². The van der Waals surface area contributed by atoms with Crippen molar-refractivity contribution in [2.75, 3.05) is 19.6 Å². The summed E-state index contributed by atoms with van der Waals surface area (Å²) in [6, 6.07) is 5.70. The second kappa shape index (κ2) is 5.27. The molecule has 0 spiro atoms. The lowest BCUT2D eigenvalue weighted by atomic mass is 9.94. The zero-order valence-corrected chi connectivity index (χ0v) is 9.73. The molecule has 0 unspecified atom stereocenters. The van der Waals surface area contributed by atoms with Gasteiger partial charge in [-0.3, -0.25) is 4.79 Å². The number of carbonyl (C=O) groups excluding carboxylic acids is 1. The molecule has 92 valence electrons. The van der Waals surface area contributed by atoms with E-state index in [2.05, 4.69) is 0 Å². The normalized spacial score (nSPS) is 15.8. The zero-order chi connectivity index (χ0) is 12.3. The fraction of sp³-hybridized carbons (Fsp3) is 0.462. The Morgan fingerprint density at radius 2 is 2.00 bits per heavy atom. The molecule has 0 atom stereocenters. The van der Waals surface area contributed by atoms with Crippen molar-refractivity contribution in [3.63, 3.8) is 0 Å². The van der Waals surface area contributed by atoms with Crippen LogP contribution >= 0.6 is 0 Å². The molecule has 0 aliphatic carbocycles. The second-order valence-corrected chi connectivity index (χ2v) is 4.51. The Balaban J connectivity index is 1.85. The van der Waals surface area contributed by atoms with E-state index in [4.69, 9.17) is 5.73 Å². The number of halogens is 1. The number of hydrogen-bond acceptors (Lipinski definition) is 2. The SMILES string of the molecule is NCCCC1CN(C(=O)c2ccc(F)cc2)C1. The summed E-state index contributed by atoms with van der Waals surface area (Å²) in [5, 5.41) is 0. The predicted molar refractivity (Wildman–Crippen MR) is 64.1 cm³/mol. The maximum Gasteiger partial charge on any atom is 0.253 e. The first kappa shape index (κ1) is 12.0. The Labute approximate surface area is 100 Å². The first-order chi connectivity index (χ1) is 8.20. The fourth-order valence-corrected chi connectivity index (χ4v) is 2.10. The lowest BCUT2D eigenvalue weighted by molar-refractivity contribution is 0.0483. The highest BCUT2D eigenvalue weighted by Crippen LogP contribution is 2.22. The Morgan fingerprint density at radius 1 is 1.35 bits per heavy atom. The first-order valence-electron chi connectivity index (χ1n) is 5.95. The smallest absolute Gasteiger partial charge is 0.253 e. The number of amides is 1. The lowest BCUT2D eigenvalue weighted by Gasteiger charge is -2.39. The van der Waals surface area contributed by atoms with E-state index < -0.39 is 0 Å². The molecule has 1 fully saturated rings. The van der Waals surface area contributed by atoms with Gasteiger partial charge in [-0.25, -0.2) is 4.39 Å². The summed E-state index contributed by atoms with van der Waals surface area (Å²) in [6.45, 7) is 2.31. The number of nitrogens with two attached hydrogens (primary N) is 1. The molecule has 1 aromatic carbocycles. The van der Waals surface area contributed by atoms with Gasteiger partial charge in [0.05, 0.1) is 0 Å². The summed E-state index contributed by atoms with van der Waals surface area (Å²) >= 11 is 0. The third kappa shape index (κ3) is 2.82. The summed E-state index contributed by atoms with van der Waals surface area (Å²) in [5.74, 6) is 0.267. The minimum Gasteiger partial charge on any atom is -0.338 e. The van der Waals surface area contributed by atoms with E-state index in [0.717, 1.165) is 25.9 Å². The van der Waals surface area contributed by atoms with E-state index in [9.17, 15) is 9.18 Å². The van der Waals surface area contributed by atoms with Gasteiger partial charge in [-0.1, -0.05) is 0 Å². The molecular formula is C13H17FN2O. The molecule has 0 radical (unpaired) electrons. The molecule has 1 aromatic rings. The summed E-state index contributed by atoms with van der Waals surface area (Å²) in [5.41, 5.74) is 6.00. The van der Waals surface area contributed by atoms with Gasteiger partial charge in [0.15, 0.2) is 0 Å². The van der Waals surface area contributed by atoms with E-state index in [0.29, 0.717) is 18.0 Å². The second-order valence-electron chi connectivity index (χ2n) is 4.51. The molecule has 2 N–H and O–H groups in total. The molecular weight excluding hydrogens is 219 g/mol. The molecule has 1 heterocycles. The Hall–Kier alpha value is -1.42. The molecule has 4 heteroatoms. The summed E-state index contributed by atoms with van der Waals surface area (Å²) in [6.07, 6.45) is 2.10. The predicted octanol–water partition coefficient (Wildman–Crippen LogP) is 1.64. The maximum atomic E-state index is 12.7. The van der Waals surface area contributed by atoms with Crippen molar-refractivity contribution >= 4 is 5.91 Å². The molecule has 17 heavy (non-hydrogen) atoms. The van der Waals surface area contributed by atoms with Crippen LogP contribution in [0.1, 0.15) is 23.2 Å². The van der Waals surface area contributed by atoms with Crippen LogP contribution in [-0.4, -0.2) is 30.4 Å². The van der Waals surface area contributed by atoms with E-state index in [1.165, 1.54) is 24.3 Å². The average Bonchev–Trinajstić information content (AvgIpc) is 2.28. The monoisotopic (exact) mass is 236 g/mol. The minimum absolute atomic E-state index is 0.00556. The van der Waals surface area contributed by atoms with Crippen LogP contribution in [0.3, 0.4) is 0 Å². The number of hydrogen-bond donors (Lipinski definition) is 1. The standard InChI is InChI=1S/C13H17FN2O/c14-12-5-3-11(4-6-12)13(17)16-8-10(9-16)2-1-7-15/h3-6,10H,1-2,7-9,15H2. The van der Waals surface area contributed by atoms with Crippen molar-refractivity contribution < 1.29 is 9.18 Å². The molecule has 2 rings (SSSR count). The highest BCUT2D eigenvalue weighted by molar-refractivity contribution is 5.94. The van der Waals surface area contributed by atoms with Gasteiger partial charge in [-0.05, 0) is 49.6 Å². The average molecular weight is 236 g/mol. The third-order valence-corrected chi connectivity index (χ3v) is 3.15. The van der Waals surface area contributed by atoms with Gasteiger partial charge in [-0.15, -0.1) is 0 Å². The Kier molecular flexibility index (Phi) is 3.74. The van der Waals surface area contributed by atoms with Gasteiger partial charge in [0.25, 0.3) is 5.91 Å². The molecule has 1 saturated heterocycles. The number of nitrogens with zero attached hydrogens (tertiary/aromatic N) is 1. The fourth-order valence-electron chi connectivity index (χ4n) is 2.10. The quantitative estimate of drug-likeness (QED) is 0.863. The van der Waals surface area contributed by atoms with Crippen LogP contribution in [0.5, 0.6) is 0 Å². The number of rotatable bonds is 4. The van der Waals surface area contributed by atoms with Gasteiger partial charge in [0, 0.05) is 18.7 Å². The molecule has 0 aromatic heterocycles.